The van der Waals surface area contributed by atoms with Crippen LogP contribution in [-0.4, -0.2) is 46.8 Å². The van der Waals surface area contributed by atoms with Crippen molar-refractivity contribution in [2.24, 2.45) is 0 Å². The number of para-hydroxylation sites is 1. The zero-order chi connectivity index (χ0) is 27.1. The van der Waals surface area contributed by atoms with Crippen LogP contribution in [0, 0.1) is 0 Å². The number of esters is 1. The number of fused-ring (bicyclic) bond motifs is 1. The Morgan fingerprint density at radius 2 is 1.55 bits per heavy atom. The first-order valence-corrected chi connectivity index (χ1v) is 14.2. The summed E-state index contributed by atoms with van der Waals surface area (Å²) in [4.78, 5) is 25.2. The summed E-state index contributed by atoms with van der Waals surface area (Å²) in [5, 5.41) is 4.50. The average molecular weight is 551 g/mol. The number of hydrogen-bond acceptors (Lipinski definition) is 7. The number of carbonyl (C=O) groups excluding carboxylic acids is 2. The Kier molecular flexibility index (Phi) is 8.55. The number of anilines is 2. The monoisotopic (exact) mass is 550 g/mol. The maximum Gasteiger partial charge on any atom is 0.344 e. The Morgan fingerprint density at radius 1 is 0.868 bits per heavy atom. The van der Waals surface area contributed by atoms with Crippen LogP contribution in [0.3, 0.4) is 0 Å². The number of benzene rings is 4. The molecule has 196 valence electrons. The van der Waals surface area contributed by atoms with Crippen LogP contribution in [0.1, 0.15) is 0 Å². The molecule has 1 amide bonds. The van der Waals surface area contributed by atoms with Crippen molar-refractivity contribution in [1.82, 2.24) is 0 Å². The lowest BCUT2D eigenvalue weighted by atomic mass is 10.1. The fraction of sp³-hybridized carbons (Fsp3) is 0.143. The first-order chi connectivity index (χ1) is 18.3. The van der Waals surface area contributed by atoms with Gasteiger partial charge in [-0.25, -0.2) is 13.2 Å². The minimum Gasteiger partial charge on any atom is -0.482 e. The molecule has 4 aromatic rings. The molecule has 0 fully saturated rings. The quantitative estimate of drug-likeness (QED) is 0.220. The first kappa shape index (κ1) is 27.0. The molecular formula is C28H26N2O6S2. The number of amides is 1. The van der Waals surface area contributed by atoms with Crippen LogP contribution in [-0.2, 0) is 24.3 Å². The summed E-state index contributed by atoms with van der Waals surface area (Å²) in [7, 11) is -2.31. The highest BCUT2D eigenvalue weighted by Crippen LogP contribution is 2.27. The maximum atomic E-state index is 13.2. The van der Waals surface area contributed by atoms with Crippen LogP contribution in [0.4, 0.5) is 11.4 Å². The fourth-order valence-electron chi connectivity index (χ4n) is 3.64. The Labute approximate surface area is 225 Å². The lowest BCUT2D eigenvalue weighted by molar-refractivity contribution is -0.149. The number of sulfonamides is 1. The standard InChI is InChI=1S/C28H26N2O6S2/c1-30(38(33,34)24-16-11-20-7-3-4-8-21(20)17-24)22-12-14-23(15-13-22)35-19-28(32)36-18-27(31)29-25-9-5-6-10-26(25)37-2/h3-17H,18-19H2,1-2H3,(H,29,31). The van der Waals surface area contributed by atoms with Crippen molar-refractivity contribution >= 4 is 55.8 Å². The zero-order valence-electron chi connectivity index (χ0n) is 20.8. The van der Waals surface area contributed by atoms with Gasteiger partial charge in [-0.15, -0.1) is 11.8 Å². The van der Waals surface area contributed by atoms with E-state index in [2.05, 4.69) is 5.32 Å². The summed E-state index contributed by atoms with van der Waals surface area (Å²) in [5.41, 5.74) is 1.07. The van der Waals surface area contributed by atoms with E-state index < -0.39 is 35.1 Å². The van der Waals surface area contributed by atoms with Crippen molar-refractivity contribution in [3.05, 3.63) is 91.0 Å². The van der Waals surface area contributed by atoms with E-state index in [4.69, 9.17) is 9.47 Å². The third-order valence-corrected chi connectivity index (χ3v) is 8.26. The van der Waals surface area contributed by atoms with Crippen LogP contribution < -0.4 is 14.4 Å². The normalized spacial score (nSPS) is 11.1. The summed E-state index contributed by atoms with van der Waals surface area (Å²) in [5.74, 6) is -0.821. The number of nitrogens with one attached hydrogen (secondary N) is 1. The van der Waals surface area contributed by atoms with Gasteiger partial charge in [-0.1, -0.05) is 42.5 Å². The second-order valence-corrected chi connectivity index (χ2v) is 11.0. The molecule has 0 atom stereocenters. The number of rotatable bonds is 10. The summed E-state index contributed by atoms with van der Waals surface area (Å²) in [6.45, 7) is -0.847. The Balaban J connectivity index is 1.30. The summed E-state index contributed by atoms with van der Waals surface area (Å²) < 4.78 is 37.9. The van der Waals surface area contributed by atoms with E-state index >= 15 is 0 Å². The Bertz CT molecular complexity index is 1560. The zero-order valence-corrected chi connectivity index (χ0v) is 22.4. The molecule has 0 saturated heterocycles. The van der Waals surface area contributed by atoms with Crippen molar-refractivity contribution in [2.75, 3.05) is 36.1 Å². The SMILES string of the molecule is CSc1ccccc1NC(=O)COC(=O)COc1ccc(N(C)S(=O)(=O)c2ccc3ccccc3c2)cc1. The molecule has 10 heteroatoms. The molecule has 1 N–H and O–H groups in total. The van der Waals surface area contributed by atoms with Crippen molar-refractivity contribution in [3.63, 3.8) is 0 Å². The van der Waals surface area contributed by atoms with Gasteiger partial charge in [-0.2, -0.15) is 0 Å². The van der Waals surface area contributed by atoms with E-state index in [1.54, 1.807) is 54.6 Å². The Morgan fingerprint density at radius 3 is 2.29 bits per heavy atom. The summed E-state index contributed by atoms with van der Waals surface area (Å²) in [6.07, 6.45) is 1.90. The molecule has 0 heterocycles. The lowest BCUT2D eigenvalue weighted by Gasteiger charge is -2.20. The van der Waals surface area contributed by atoms with Gasteiger partial charge in [0.2, 0.25) is 0 Å². The van der Waals surface area contributed by atoms with Crippen LogP contribution in [0.25, 0.3) is 10.8 Å². The topological polar surface area (TPSA) is 102 Å². The van der Waals surface area contributed by atoms with E-state index in [9.17, 15) is 18.0 Å². The van der Waals surface area contributed by atoms with Gasteiger partial charge < -0.3 is 14.8 Å². The number of hydrogen-bond donors (Lipinski definition) is 1. The van der Waals surface area contributed by atoms with Crippen molar-refractivity contribution in [2.45, 2.75) is 9.79 Å². The molecule has 0 radical (unpaired) electrons. The van der Waals surface area contributed by atoms with Crippen molar-refractivity contribution < 1.29 is 27.5 Å². The molecule has 0 aromatic heterocycles. The van der Waals surface area contributed by atoms with Crippen LogP contribution >= 0.6 is 11.8 Å². The minimum atomic E-state index is -3.79. The number of ether oxygens (including phenoxy) is 2. The molecule has 0 bridgehead atoms. The third kappa shape index (κ3) is 6.45. The molecule has 8 nitrogen and oxygen atoms in total. The maximum absolute atomic E-state index is 13.2. The Hall–Kier alpha value is -4.02. The third-order valence-electron chi connectivity index (χ3n) is 5.68. The molecule has 0 aliphatic heterocycles. The van der Waals surface area contributed by atoms with Gasteiger partial charge in [-0.05, 0) is 65.6 Å². The van der Waals surface area contributed by atoms with Crippen molar-refractivity contribution in [1.29, 1.82) is 0 Å². The van der Waals surface area contributed by atoms with E-state index in [1.807, 2.05) is 42.7 Å². The smallest absolute Gasteiger partial charge is 0.344 e. The minimum absolute atomic E-state index is 0.183. The molecule has 4 aromatic carbocycles. The van der Waals surface area contributed by atoms with Gasteiger partial charge in [-0.3, -0.25) is 9.10 Å². The first-order valence-electron chi connectivity index (χ1n) is 11.6. The molecular weight excluding hydrogens is 524 g/mol. The number of thioether (sulfide) groups is 1. The lowest BCUT2D eigenvalue weighted by Crippen LogP contribution is -2.26. The van der Waals surface area contributed by atoms with Gasteiger partial charge in [0.1, 0.15) is 5.75 Å². The van der Waals surface area contributed by atoms with Gasteiger partial charge in [0, 0.05) is 11.9 Å². The van der Waals surface area contributed by atoms with E-state index in [-0.39, 0.29) is 4.90 Å². The van der Waals surface area contributed by atoms with Gasteiger partial charge >= 0.3 is 5.97 Å². The van der Waals surface area contributed by atoms with E-state index in [1.165, 1.54) is 23.1 Å². The summed E-state index contributed by atoms with van der Waals surface area (Å²) >= 11 is 1.49. The highest BCUT2D eigenvalue weighted by molar-refractivity contribution is 7.98. The highest BCUT2D eigenvalue weighted by Gasteiger charge is 2.21. The number of carbonyl (C=O) groups is 2. The largest absolute Gasteiger partial charge is 0.482 e. The second-order valence-electron chi connectivity index (χ2n) is 8.17. The van der Waals surface area contributed by atoms with Crippen LogP contribution in [0.15, 0.2) is 101 Å². The highest BCUT2D eigenvalue weighted by atomic mass is 32.2. The molecule has 0 saturated carbocycles. The predicted octanol–water partition coefficient (Wildman–Crippen LogP) is 4.95. The van der Waals surface area contributed by atoms with E-state index in [0.29, 0.717) is 17.1 Å². The molecule has 38 heavy (non-hydrogen) atoms. The van der Waals surface area contributed by atoms with Crippen LogP contribution in [0.2, 0.25) is 0 Å². The molecule has 0 aliphatic carbocycles. The predicted molar refractivity (Wildman–Crippen MR) is 149 cm³/mol. The molecule has 0 spiro atoms. The average Bonchev–Trinajstić information content (AvgIpc) is 2.94. The number of nitrogens with zero attached hydrogens (tertiary/aromatic N) is 1. The molecule has 4 rings (SSSR count). The van der Waals surface area contributed by atoms with Gasteiger partial charge in [0.05, 0.1) is 16.3 Å². The van der Waals surface area contributed by atoms with Gasteiger partial charge in [0.15, 0.2) is 13.2 Å². The van der Waals surface area contributed by atoms with Crippen LogP contribution in [0.5, 0.6) is 5.75 Å². The summed E-state index contributed by atoms with van der Waals surface area (Å²) in [6, 6.07) is 26.1. The molecule has 0 aliphatic rings. The fourth-order valence-corrected chi connectivity index (χ4v) is 5.43. The second kappa shape index (κ2) is 12.0. The van der Waals surface area contributed by atoms with Crippen molar-refractivity contribution in [3.8, 4) is 5.75 Å². The molecule has 0 unspecified atom stereocenters. The van der Waals surface area contributed by atoms with Gasteiger partial charge in [0.25, 0.3) is 15.9 Å². The van der Waals surface area contributed by atoms with E-state index in [0.717, 1.165) is 15.7 Å².